The van der Waals surface area contributed by atoms with Gasteiger partial charge in [0.1, 0.15) is 17.5 Å². The van der Waals surface area contributed by atoms with Gasteiger partial charge in [0.25, 0.3) is 5.91 Å². The zero-order chi connectivity index (χ0) is 26.9. The number of amides is 2. The monoisotopic (exact) mass is 545 g/mol. The third-order valence-electron chi connectivity index (χ3n) is 6.75. The molecule has 2 fully saturated rings. The van der Waals surface area contributed by atoms with Crippen molar-refractivity contribution in [1.29, 1.82) is 0 Å². The van der Waals surface area contributed by atoms with Crippen molar-refractivity contribution in [2.75, 3.05) is 26.9 Å². The summed E-state index contributed by atoms with van der Waals surface area (Å²) in [6.45, 7) is 0.0648. The van der Waals surface area contributed by atoms with Crippen LogP contribution in [0.2, 0.25) is 0 Å². The minimum Gasteiger partial charge on any atom is -0.447 e. The molecule has 5 rings (SSSR count). The number of nitrogens with one attached hydrogen (secondary N) is 2. The molecule has 0 aliphatic carbocycles. The van der Waals surface area contributed by atoms with Crippen molar-refractivity contribution < 1.29 is 37.4 Å². The highest BCUT2D eigenvalue weighted by Gasteiger charge is 2.55. The number of benzene rings is 1. The van der Waals surface area contributed by atoms with Crippen molar-refractivity contribution in [1.82, 2.24) is 24.7 Å². The molecule has 2 aliphatic heterocycles. The van der Waals surface area contributed by atoms with Gasteiger partial charge in [-0.15, -0.1) is 0 Å². The van der Waals surface area contributed by atoms with Crippen LogP contribution in [-0.4, -0.2) is 89.8 Å². The zero-order valence-electron chi connectivity index (χ0n) is 20.4. The van der Waals surface area contributed by atoms with Crippen LogP contribution in [0.25, 0.3) is 10.9 Å². The summed E-state index contributed by atoms with van der Waals surface area (Å²) >= 11 is 0. The molecule has 3 N–H and O–H groups in total. The molecular formula is C24H27N5O8S. The molecule has 0 unspecified atom stereocenters. The predicted octanol–water partition coefficient (Wildman–Crippen LogP) is 1.85. The van der Waals surface area contributed by atoms with E-state index in [1.54, 1.807) is 11.5 Å². The van der Waals surface area contributed by atoms with Crippen molar-refractivity contribution in [3.63, 3.8) is 0 Å². The molecule has 2 aromatic heterocycles. The Morgan fingerprint density at radius 2 is 2.00 bits per heavy atom. The van der Waals surface area contributed by atoms with Crippen LogP contribution in [0.4, 0.5) is 4.79 Å². The number of methoxy groups -OCH3 is 1. The van der Waals surface area contributed by atoms with Crippen molar-refractivity contribution >= 4 is 32.9 Å². The van der Waals surface area contributed by atoms with Crippen LogP contribution in [0.1, 0.15) is 12.8 Å². The lowest BCUT2D eigenvalue weighted by Gasteiger charge is -2.44. The number of carbonyl (C=O) groups is 2. The van der Waals surface area contributed by atoms with Crippen LogP contribution in [0.3, 0.4) is 0 Å². The second-order valence-electron chi connectivity index (χ2n) is 8.96. The lowest BCUT2D eigenvalue weighted by Crippen LogP contribution is -2.66. The standard InChI is InChI=1S/C24H27N5O8S/c1-35-10-11-36-24(31)29-16-6-8-19(29)22(23(30)27-32)28(14-16)38(33,34)17-7-9-20(25-13-17)37-21-12-15-4-2-3-5-18(15)26-21/h2-5,7,9,12-13,16,19,22,26,32H,6,8,10-11,14H2,1H3,(H,27,30)/t16-,19+,22-/m1/s1. The molecule has 2 bridgehead atoms. The van der Waals surface area contributed by atoms with Gasteiger partial charge in [0, 0.05) is 42.7 Å². The highest BCUT2D eigenvalue weighted by molar-refractivity contribution is 7.89. The molecule has 2 amide bonds. The molecule has 3 aromatic rings. The molecule has 14 heteroatoms. The summed E-state index contributed by atoms with van der Waals surface area (Å²) in [5.41, 5.74) is 2.43. The van der Waals surface area contributed by atoms with E-state index >= 15 is 0 Å². The summed E-state index contributed by atoms with van der Waals surface area (Å²) in [4.78, 5) is 33.9. The van der Waals surface area contributed by atoms with Gasteiger partial charge in [0.15, 0.2) is 0 Å². The van der Waals surface area contributed by atoms with Crippen LogP contribution in [0, 0.1) is 0 Å². The average molecular weight is 546 g/mol. The highest BCUT2D eigenvalue weighted by atomic mass is 32.2. The van der Waals surface area contributed by atoms with Crippen molar-refractivity contribution in [3.8, 4) is 11.8 Å². The Bertz CT molecular complexity index is 1390. The van der Waals surface area contributed by atoms with E-state index in [0.29, 0.717) is 18.7 Å². The smallest absolute Gasteiger partial charge is 0.410 e. The quantitative estimate of drug-likeness (QED) is 0.218. The zero-order valence-corrected chi connectivity index (χ0v) is 21.3. The number of fused-ring (bicyclic) bond motifs is 3. The molecule has 4 heterocycles. The Hall–Kier alpha value is -3.72. The number of H-pyrrole nitrogens is 1. The van der Waals surface area contributed by atoms with Gasteiger partial charge in [0.2, 0.25) is 21.8 Å². The van der Waals surface area contributed by atoms with E-state index in [2.05, 4.69) is 9.97 Å². The largest absolute Gasteiger partial charge is 0.447 e. The second-order valence-corrected chi connectivity index (χ2v) is 10.9. The summed E-state index contributed by atoms with van der Waals surface area (Å²) in [6, 6.07) is 9.49. The number of hydrogen-bond acceptors (Lipinski definition) is 9. The molecule has 2 aliphatic rings. The maximum absolute atomic E-state index is 13.6. The number of aromatic amines is 1. The summed E-state index contributed by atoms with van der Waals surface area (Å²) in [5.74, 6) is -0.330. The lowest BCUT2D eigenvalue weighted by molar-refractivity contribution is -0.136. The number of aromatic nitrogens is 2. The first-order valence-corrected chi connectivity index (χ1v) is 13.4. The van der Waals surface area contributed by atoms with Gasteiger partial charge in [-0.3, -0.25) is 14.9 Å². The van der Waals surface area contributed by atoms with E-state index in [4.69, 9.17) is 14.2 Å². The number of rotatable bonds is 8. The fourth-order valence-electron chi connectivity index (χ4n) is 5.03. The van der Waals surface area contributed by atoms with E-state index in [0.717, 1.165) is 21.4 Å². The number of hydroxylamine groups is 1. The Labute approximate surface area is 218 Å². The average Bonchev–Trinajstić information content (AvgIpc) is 3.47. The molecule has 38 heavy (non-hydrogen) atoms. The number of para-hydroxylation sites is 1. The molecule has 0 spiro atoms. The van der Waals surface area contributed by atoms with Gasteiger partial charge in [-0.25, -0.2) is 23.7 Å². The van der Waals surface area contributed by atoms with Gasteiger partial charge in [-0.05, 0) is 25.0 Å². The van der Waals surface area contributed by atoms with Crippen molar-refractivity contribution in [2.45, 2.75) is 35.9 Å². The summed E-state index contributed by atoms with van der Waals surface area (Å²) in [6.07, 6.45) is 1.32. The lowest BCUT2D eigenvalue weighted by atomic mass is 10.1. The van der Waals surface area contributed by atoms with Crippen LogP contribution in [-0.2, 0) is 24.3 Å². The summed E-state index contributed by atoms with van der Waals surface area (Å²) < 4.78 is 44.1. The molecule has 13 nitrogen and oxygen atoms in total. The first-order valence-electron chi connectivity index (χ1n) is 11.9. The molecular weight excluding hydrogens is 518 g/mol. The normalized spacial score (nSPS) is 21.4. The Kier molecular flexibility index (Phi) is 7.21. The van der Waals surface area contributed by atoms with Gasteiger partial charge in [-0.1, -0.05) is 18.2 Å². The number of sulfonamides is 1. The minimum absolute atomic E-state index is 0.0166. The Morgan fingerprint density at radius 1 is 1.18 bits per heavy atom. The van der Waals surface area contributed by atoms with E-state index in [1.165, 1.54) is 24.1 Å². The third kappa shape index (κ3) is 4.78. The fraction of sp³-hybridized carbons (Fsp3) is 0.375. The van der Waals surface area contributed by atoms with Crippen LogP contribution < -0.4 is 10.2 Å². The predicted molar refractivity (Wildman–Crippen MR) is 132 cm³/mol. The van der Waals surface area contributed by atoms with Crippen molar-refractivity contribution in [3.05, 3.63) is 48.7 Å². The fourth-order valence-corrected chi connectivity index (χ4v) is 6.63. The molecule has 1 aromatic carbocycles. The van der Waals surface area contributed by atoms with Gasteiger partial charge in [0.05, 0.1) is 18.8 Å². The summed E-state index contributed by atoms with van der Waals surface area (Å²) in [7, 11) is -2.77. The minimum atomic E-state index is -4.24. The van der Waals surface area contributed by atoms with Gasteiger partial charge in [-0.2, -0.15) is 4.31 Å². The van der Waals surface area contributed by atoms with E-state index in [9.17, 15) is 23.2 Å². The Morgan fingerprint density at radius 3 is 2.71 bits per heavy atom. The van der Waals surface area contributed by atoms with Crippen LogP contribution in [0.15, 0.2) is 53.6 Å². The molecule has 0 saturated carbocycles. The number of nitrogens with zero attached hydrogens (tertiary/aromatic N) is 3. The van der Waals surface area contributed by atoms with Gasteiger partial charge >= 0.3 is 6.09 Å². The van der Waals surface area contributed by atoms with E-state index < -0.39 is 40.1 Å². The van der Waals surface area contributed by atoms with E-state index in [1.807, 2.05) is 24.3 Å². The maximum Gasteiger partial charge on any atom is 0.410 e. The number of piperazine rings is 1. The number of pyridine rings is 1. The van der Waals surface area contributed by atoms with Crippen molar-refractivity contribution in [2.24, 2.45) is 0 Å². The highest BCUT2D eigenvalue weighted by Crippen LogP contribution is 2.38. The molecule has 2 saturated heterocycles. The molecule has 0 radical (unpaired) electrons. The SMILES string of the molecule is COCCOC(=O)N1[C@@H]2CC[C@H]1[C@H](C(=O)NO)N(S(=O)(=O)c1ccc(Oc3cc4ccccc4[nH]3)nc1)C2. The Balaban J connectivity index is 1.36. The van der Waals surface area contributed by atoms with Gasteiger partial charge < -0.3 is 19.2 Å². The van der Waals surface area contributed by atoms with E-state index in [-0.39, 0.29) is 30.5 Å². The topological polar surface area (TPSA) is 163 Å². The third-order valence-corrected chi connectivity index (χ3v) is 8.58. The summed E-state index contributed by atoms with van der Waals surface area (Å²) in [5, 5.41) is 10.3. The number of hydrogen-bond donors (Lipinski definition) is 3. The number of carbonyl (C=O) groups excluding carboxylic acids is 2. The number of ether oxygens (including phenoxy) is 3. The maximum atomic E-state index is 13.6. The molecule has 202 valence electrons. The molecule has 3 atom stereocenters. The van der Waals surface area contributed by atoms with Crippen LogP contribution >= 0.6 is 0 Å². The first kappa shape index (κ1) is 25.9. The second kappa shape index (κ2) is 10.6. The van der Waals surface area contributed by atoms with Crippen LogP contribution in [0.5, 0.6) is 11.8 Å². The first-order chi connectivity index (χ1) is 18.3.